The standard InChI is InChI=1S/C13H22ClN3O3S/c1-4-15-8-5-9-17(2)21(18,19)16-13-10-11(20-3)6-7-12(13)14/h6-7,10,15-16H,4-5,8-9H2,1-3H3. The molecule has 0 heterocycles. The summed E-state index contributed by atoms with van der Waals surface area (Å²) in [6.07, 6.45) is 0.733. The summed E-state index contributed by atoms with van der Waals surface area (Å²) < 4.78 is 33.2. The predicted octanol–water partition coefficient (Wildman–Crippen LogP) is 1.94. The van der Waals surface area contributed by atoms with Crippen molar-refractivity contribution in [3.8, 4) is 5.75 Å². The van der Waals surface area contributed by atoms with Crippen LogP contribution in [0.5, 0.6) is 5.75 Å². The molecule has 1 aromatic rings. The monoisotopic (exact) mass is 335 g/mol. The number of methoxy groups -OCH3 is 1. The van der Waals surface area contributed by atoms with Crippen molar-refractivity contribution >= 4 is 27.5 Å². The third-order valence-electron chi connectivity index (χ3n) is 2.90. The van der Waals surface area contributed by atoms with Crippen LogP contribution in [0.25, 0.3) is 0 Å². The van der Waals surface area contributed by atoms with Gasteiger partial charge in [-0.2, -0.15) is 12.7 Å². The quantitative estimate of drug-likeness (QED) is 0.677. The van der Waals surface area contributed by atoms with E-state index in [1.54, 1.807) is 18.2 Å². The number of rotatable bonds is 9. The van der Waals surface area contributed by atoms with Gasteiger partial charge >= 0.3 is 10.2 Å². The number of hydrogen-bond acceptors (Lipinski definition) is 4. The van der Waals surface area contributed by atoms with Gasteiger partial charge in [0, 0.05) is 19.7 Å². The second-order valence-corrected chi connectivity index (χ2v) is 6.67. The molecule has 0 saturated heterocycles. The van der Waals surface area contributed by atoms with Gasteiger partial charge < -0.3 is 10.1 Å². The maximum Gasteiger partial charge on any atom is 0.301 e. The van der Waals surface area contributed by atoms with E-state index in [0.29, 0.717) is 23.0 Å². The third-order valence-corrected chi connectivity index (χ3v) is 4.71. The Hall–Kier alpha value is -1.02. The van der Waals surface area contributed by atoms with Gasteiger partial charge in [-0.25, -0.2) is 0 Å². The van der Waals surface area contributed by atoms with Crippen molar-refractivity contribution in [1.29, 1.82) is 0 Å². The lowest BCUT2D eigenvalue weighted by Gasteiger charge is -2.19. The fourth-order valence-electron chi connectivity index (χ4n) is 1.65. The van der Waals surface area contributed by atoms with Gasteiger partial charge in [0.05, 0.1) is 17.8 Å². The van der Waals surface area contributed by atoms with Crippen LogP contribution in [0.15, 0.2) is 18.2 Å². The first-order valence-electron chi connectivity index (χ1n) is 6.69. The molecule has 0 aromatic heterocycles. The average molecular weight is 336 g/mol. The van der Waals surface area contributed by atoms with E-state index in [2.05, 4.69) is 10.0 Å². The number of nitrogens with zero attached hydrogens (tertiary/aromatic N) is 1. The molecular weight excluding hydrogens is 314 g/mol. The number of ether oxygens (including phenoxy) is 1. The Balaban J connectivity index is 2.71. The zero-order valence-corrected chi connectivity index (χ0v) is 14.1. The van der Waals surface area contributed by atoms with Crippen LogP contribution in [-0.4, -0.2) is 46.5 Å². The minimum Gasteiger partial charge on any atom is -0.497 e. The van der Waals surface area contributed by atoms with Gasteiger partial charge in [0.1, 0.15) is 5.75 Å². The van der Waals surface area contributed by atoms with E-state index in [0.717, 1.165) is 19.5 Å². The van der Waals surface area contributed by atoms with E-state index in [1.807, 2.05) is 6.92 Å². The zero-order chi connectivity index (χ0) is 15.9. The van der Waals surface area contributed by atoms with Gasteiger partial charge in [-0.05, 0) is 31.6 Å². The molecule has 0 fully saturated rings. The Bertz CT molecular complexity index is 552. The van der Waals surface area contributed by atoms with E-state index in [-0.39, 0.29) is 0 Å². The van der Waals surface area contributed by atoms with E-state index >= 15 is 0 Å². The molecule has 120 valence electrons. The average Bonchev–Trinajstić information content (AvgIpc) is 2.45. The van der Waals surface area contributed by atoms with Crippen LogP contribution < -0.4 is 14.8 Å². The first kappa shape index (κ1) is 18.0. The summed E-state index contributed by atoms with van der Waals surface area (Å²) in [5, 5.41) is 3.47. The van der Waals surface area contributed by atoms with Crippen molar-refractivity contribution in [2.45, 2.75) is 13.3 Å². The van der Waals surface area contributed by atoms with Gasteiger partial charge in [0.25, 0.3) is 0 Å². The smallest absolute Gasteiger partial charge is 0.301 e. The Morgan fingerprint density at radius 2 is 2.10 bits per heavy atom. The maximum atomic E-state index is 12.2. The molecule has 0 radical (unpaired) electrons. The van der Waals surface area contributed by atoms with Crippen molar-refractivity contribution in [1.82, 2.24) is 9.62 Å². The van der Waals surface area contributed by atoms with Crippen LogP contribution in [0.1, 0.15) is 13.3 Å². The van der Waals surface area contributed by atoms with E-state index in [4.69, 9.17) is 16.3 Å². The highest BCUT2D eigenvalue weighted by molar-refractivity contribution is 7.90. The molecule has 0 amide bonds. The highest BCUT2D eigenvalue weighted by Gasteiger charge is 2.18. The number of benzene rings is 1. The number of halogens is 1. The van der Waals surface area contributed by atoms with Gasteiger partial charge in [-0.15, -0.1) is 0 Å². The molecule has 0 bridgehead atoms. The fraction of sp³-hybridized carbons (Fsp3) is 0.538. The number of hydrogen-bond donors (Lipinski definition) is 2. The van der Waals surface area contributed by atoms with Crippen molar-refractivity contribution in [2.24, 2.45) is 0 Å². The van der Waals surface area contributed by atoms with Crippen molar-refractivity contribution < 1.29 is 13.2 Å². The van der Waals surface area contributed by atoms with Gasteiger partial charge in [-0.3, -0.25) is 4.72 Å². The molecule has 0 saturated carbocycles. The topological polar surface area (TPSA) is 70.7 Å². The van der Waals surface area contributed by atoms with Gasteiger partial charge in [0.2, 0.25) is 0 Å². The first-order chi connectivity index (χ1) is 9.90. The van der Waals surface area contributed by atoms with Crippen LogP contribution >= 0.6 is 11.6 Å². The minimum absolute atomic E-state index is 0.301. The molecule has 0 aliphatic heterocycles. The summed E-state index contributed by atoms with van der Waals surface area (Å²) in [5.74, 6) is 0.534. The van der Waals surface area contributed by atoms with Crippen molar-refractivity contribution in [3.63, 3.8) is 0 Å². The Kier molecular flexibility index (Phi) is 7.24. The van der Waals surface area contributed by atoms with Crippen LogP contribution in [0, 0.1) is 0 Å². The molecule has 0 aliphatic carbocycles. The molecule has 6 nitrogen and oxygen atoms in total. The van der Waals surface area contributed by atoms with Crippen LogP contribution in [0.4, 0.5) is 5.69 Å². The van der Waals surface area contributed by atoms with E-state index in [1.165, 1.54) is 18.5 Å². The third kappa shape index (κ3) is 5.70. The lowest BCUT2D eigenvalue weighted by Crippen LogP contribution is -2.34. The Labute approximate surface area is 131 Å². The summed E-state index contributed by atoms with van der Waals surface area (Å²) >= 11 is 6.00. The van der Waals surface area contributed by atoms with Gasteiger partial charge in [-0.1, -0.05) is 18.5 Å². The minimum atomic E-state index is -3.63. The van der Waals surface area contributed by atoms with E-state index < -0.39 is 10.2 Å². The molecule has 0 atom stereocenters. The van der Waals surface area contributed by atoms with Crippen molar-refractivity contribution in [3.05, 3.63) is 23.2 Å². The van der Waals surface area contributed by atoms with Crippen LogP contribution in [-0.2, 0) is 10.2 Å². The largest absolute Gasteiger partial charge is 0.497 e. The molecule has 0 spiro atoms. The van der Waals surface area contributed by atoms with Crippen molar-refractivity contribution in [2.75, 3.05) is 38.5 Å². The second kappa shape index (κ2) is 8.43. The van der Waals surface area contributed by atoms with E-state index in [9.17, 15) is 8.42 Å². The summed E-state index contributed by atoms with van der Waals surface area (Å²) in [6.45, 7) is 4.07. The second-order valence-electron chi connectivity index (χ2n) is 4.48. The molecule has 21 heavy (non-hydrogen) atoms. The lowest BCUT2D eigenvalue weighted by molar-refractivity contribution is 0.415. The highest BCUT2D eigenvalue weighted by atomic mass is 35.5. The van der Waals surface area contributed by atoms with Gasteiger partial charge in [0.15, 0.2) is 0 Å². The number of nitrogens with one attached hydrogen (secondary N) is 2. The molecule has 0 unspecified atom stereocenters. The molecule has 2 N–H and O–H groups in total. The highest BCUT2D eigenvalue weighted by Crippen LogP contribution is 2.27. The summed E-state index contributed by atoms with van der Waals surface area (Å²) in [6, 6.07) is 4.80. The molecule has 8 heteroatoms. The molecular formula is C13H22ClN3O3S. The SMILES string of the molecule is CCNCCCN(C)S(=O)(=O)Nc1cc(OC)ccc1Cl. The fourth-order valence-corrected chi connectivity index (χ4v) is 2.84. The molecule has 1 rings (SSSR count). The maximum absolute atomic E-state index is 12.2. The van der Waals surface area contributed by atoms with Crippen LogP contribution in [0.2, 0.25) is 5.02 Å². The van der Waals surface area contributed by atoms with Crippen LogP contribution in [0.3, 0.4) is 0 Å². The number of anilines is 1. The normalized spacial score (nSPS) is 11.7. The predicted molar refractivity (Wildman–Crippen MR) is 86.3 cm³/mol. The Morgan fingerprint density at radius 1 is 1.38 bits per heavy atom. The first-order valence-corrected chi connectivity index (χ1v) is 8.51. The summed E-state index contributed by atoms with van der Waals surface area (Å²) in [4.78, 5) is 0. The Morgan fingerprint density at radius 3 is 2.71 bits per heavy atom. The molecule has 1 aromatic carbocycles. The zero-order valence-electron chi connectivity index (χ0n) is 12.5. The summed E-state index contributed by atoms with van der Waals surface area (Å²) in [7, 11) is -0.594. The lowest BCUT2D eigenvalue weighted by atomic mass is 10.3. The molecule has 0 aliphatic rings. The summed E-state index contributed by atoms with van der Waals surface area (Å²) in [5.41, 5.74) is 0.301.